The normalized spacial score (nSPS) is 10.7. The summed E-state index contributed by atoms with van der Waals surface area (Å²) in [5.74, 6) is -0.1000. The molecule has 1 aromatic rings. The van der Waals surface area contributed by atoms with Crippen LogP contribution in [-0.4, -0.2) is 35.5 Å². The molecule has 0 saturated carbocycles. The topological polar surface area (TPSA) is 46.6 Å². The van der Waals surface area contributed by atoms with Crippen LogP contribution >= 0.6 is 0 Å². The highest BCUT2D eigenvalue weighted by Crippen LogP contribution is 2.08. The van der Waals surface area contributed by atoms with Gasteiger partial charge in [0, 0.05) is 18.5 Å². The average molecular weight is 277 g/mol. The summed E-state index contributed by atoms with van der Waals surface area (Å²) in [6, 6.07) is 9.53. The average Bonchev–Trinajstić information content (AvgIpc) is 2.36. The molecular weight excluding hydrogens is 254 g/mol. The predicted molar refractivity (Wildman–Crippen MR) is 78.6 cm³/mol. The standard InChI is InChI=1S/C16H23NO3/c1-12(2)17(13(3)4)16(19)20-11-15(18)10-14-8-6-5-7-9-14/h5-9,12-13H,10-11H2,1-4H3. The van der Waals surface area contributed by atoms with Gasteiger partial charge in [-0.2, -0.15) is 0 Å². The molecule has 0 unspecified atom stereocenters. The summed E-state index contributed by atoms with van der Waals surface area (Å²) in [7, 11) is 0. The first-order valence-electron chi connectivity index (χ1n) is 6.92. The van der Waals surface area contributed by atoms with Crippen LogP contribution in [0.4, 0.5) is 4.79 Å². The molecule has 1 aromatic carbocycles. The number of hydrogen-bond donors (Lipinski definition) is 0. The third kappa shape index (κ3) is 5.03. The molecule has 0 aliphatic carbocycles. The number of benzene rings is 1. The molecule has 20 heavy (non-hydrogen) atoms. The highest BCUT2D eigenvalue weighted by molar-refractivity contribution is 5.84. The molecular formula is C16H23NO3. The summed E-state index contributed by atoms with van der Waals surface area (Å²) >= 11 is 0. The second kappa shape index (κ2) is 7.68. The van der Waals surface area contributed by atoms with Gasteiger partial charge in [-0.05, 0) is 33.3 Å². The van der Waals surface area contributed by atoms with E-state index in [0.29, 0.717) is 0 Å². The lowest BCUT2D eigenvalue weighted by atomic mass is 10.1. The maximum Gasteiger partial charge on any atom is 0.410 e. The van der Waals surface area contributed by atoms with Crippen molar-refractivity contribution in [3.63, 3.8) is 0 Å². The van der Waals surface area contributed by atoms with Gasteiger partial charge in [-0.25, -0.2) is 4.79 Å². The van der Waals surface area contributed by atoms with E-state index >= 15 is 0 Å². The van der Waals surface area contributed by atoms with Crippen LogP contribution < -0.4 is 0 Å². The van der Waals surface area contributed by atoms with Gasteiger partial charge in [-0.3, -0.25) is 4.79 Å². The zero-order chi connectivity index (χ0) is 15.1. The maximum atomic E-state index is 11.9. The van der Waals surface area contributed by atoms with Gasteiger partial charge in [0.05, 0.1) is 0 Å². The number of hydrogen-bond acceptors (Lipinski definition) is 3. The SMILES string of the molecule is CC(C)N(C(=O)OCC(=O)Cc1ccccc1)C(C)C. The largest absolute Gasteiger partial charge is 0.441 e. The quantitative estimate of drug-likeness (QED) is 0.803. The Balaban J connectivity index is 2.46. The molecule has 0 fully saturated rings. The van der Waals surface area contributed by atoms with Crippen LogP contribution in [0.25, 0.3) is 0 Å². The fraction of sp³-hybridized carbons (Fsp3) is 0.500. The Kier molecular flexibility index (Phi) is 6.22. The number of carbonyl (C=O) groups excluding carboxylic acids is 2. The lowest BCUT2D eigenvalue weighted by Gasteiger charge is -2.29. The van der Waals surface area contributed by atoms with Crippen LogP contribution in [0, 0.1) is 0 Å². The van der Waals surface area contributed by atoms with Crippen molar-refractivity contribution < 1.29 is 14.3 Å². The van der Waals surface area contributed by atoms with Crippen LogP contribution in [0.5, 0.6) is 0 Å². The minimum Gasteiger partial charge on any atom is -0.441 e. The first-order chi connectivity index (χ1) is 9.41. The molecule has 0 aliphatic rings. The molecule has 1 amide bonds. The zero-order valence-corrected chi connectivity index (χ0v) is 12.6. The summed E-state index contributed by atoms with van der Waals surface area (Å²) in [5.41, 5.74) is 0.929. The van der Waals surface area contributed by atoms with Crippen molar-refractivity contribution in [3.8, 4) is 0 Å². The van der Waals surface area contributed by atoms with Gasteiger partial charge >= 0.3 is 6.09 Å². The van der Waals surface area contributed by atoms with Crippen LogP contribution in [0.2, 0.25) is 0 Å². The Morgan fingerprint density at radius 3 is 2.10 bits per heavy atom. The molecule has 1 rings (SSSR count). The second-order valence-corrected chi connectivity index (χ2v) is 5.35. The molecule has 0 saturated heterocycles. The van der Waals surface area contributed by atoms with Gasteiger partial charge in [-0.1, -0.05) is 30.3 Å². The Hall–Kier alpha value is -1.84. The summed E-state index contributed by atoms with van der Waals surface area (Å²) in [6.07, 6.45) is -0.145. The molecule has 110 valence electrons. The smallest absolute Gasteiger partial charge is 0.410 e. The molecule has 0 N–H and O–H groups in total. The fourth-order valence-electron chi connectivity index (χ4n) is 2.11. The monoisotopic (exact) mass is 277 g/mol. The van der Waals surface area contributed by atoms with Crippen LogP contribution in [0.1, 0.15) is 33.3 Å². The predicted octanol–water partition coefficient (Wildman–Crippen LogP) is 3.05. The van der Waals surface area contributed by atoms with E-state index in [1.165, 1.54) is 0 Å². The lowest BCUT2D eigenvalue weighted by Crippen LogP contribution is -2.43. The molecule has 0 bridgehead atoms. The highest BCUT2D eigenvalue weighted by Gasteiger charge is 2.22. The molecule has 0 radical (unpaired) electrons. The number of carbonyl (C=O) groups is 2. The van der Waals surface area contributed by atoms with E-state index in [0.717, 1.165) is 5.56 Å². The van der Waals surface area contributed by atoms with Gasteiger partial charge in [0.15, 0.2) is 12.4 Å². The highest BCUT2D eigenvalue weighted by atomic mass is 16.6. The molecule has 0 atom stereocenters. The van der Waals surface area contributed by atoms with E-state index in [1.54, 1.807) is 4.90 Å². The van der Waals surface area contributed by atoms with Crippen LogP contribution in [-0.2, 0) is 16.0 Å². The van der Waals surface area contributed by atoms with Crippen molar-refractivity contribution in [1.29, 1.82) is 0 Å². The van der Waals surface area contributed by atoms with Crippen molar-refractivity contribution in [1.82, 2.24) is 4.90 Å². The molecule has 4 nitrogen and oxygen atoms in total. The van der Waals surface area contributed by atoms with Gasteiger partial charge in [0.2, 0.25) is 0 Å². The lowest BCUT2D eigenvalue weighted by molar-refractivity contribution is -0.121. The molecule has 0 aromatic heterocycles. The Morgan fingerprint density at radius 1 is 1.05 bits per heavy atom. The van der Waals surface area contributed by atoms with Gasteiger partial charge < -0.3 is 9.64 Å². The van der Waals surface area contributed by atoms with Crippen molar-refractivity contribution >= 4 is 11.9 Å². The van der Waals surface area contributed by atoms with Crippen molar-refractivity contribution in [2.45, 2.75) is 46.2 Å². The first-order valence-corrected chi connectivity index (χ1v) is 6.92. The van der Waals surface area contributed by atoms with E-state index in [4.69, 9.17) is 4.74 Å². The number of nitrogens with zero attached hydrogens (tertiary/aromatic N) is 1. The minimum absolute atomic E-state index is 0.0479. The number of amides is 1. The Morgan fingerprint density at radius 2 is 1.60 bits per heavy atom. The zero-order valence-electron chi connectivity index (χ0n) is 12.6. The molecule has 0 spiro atoms. The van der Waals surface area contributed by atoms with E-state index in [1.807, 2.05) is 58.0 Å². The first kappa shape index (κ1) is 16.2. The van der Waals surface area contributed by atoms with Crippen molar-refractivity contribution in [2.24, 2.45) is 0 Å². The molecule has 0 aliphatic heterocycles. The number of ketones is 1. The number of rotatable bonds is 6. The van der Waals surface area contributed by atoms with Crippen molar-refractivity contribution in [2.75, 3.05) is 6.61 Å². The summed E-state index contributed by atoms with van der Waals surface area (Å²) < 4.78 is 5.10. The third-order valence-electron chi connectivity index (χ3n) is 2.92. The minimum atomic E-state index is -0.434. The van der Waals surface area contributed by atoms with Crippen LogP contribution in [0.15, 0.2) is 30.3 Å². The maximum absolute atomic E-state index is 11.9. The third-order valence-corrected chi connectivity index (χ3v) is 2.92. The van der Waals surface area contributed by atoms with E-state index in [9.17, 15) is 9.59 Å². The van der Waals surface area contributed by atoms with E-state index in [2.05, 4.69) is 0 Å². The van der Waals surface area contributed by atoms with Gasteiger partial charge in [0.1, 0.15) is 0 Å². The Bertz CT molecular complexity index is 432. The van der Waals surface area contributed by atoms with Crippen molar-refractivity contribution in [3.05, 3.63) is 35.9 Å². The van der Waals surface area contributed by atoms with E-state index in [-0.39, 0.29) is 30.9 Å². The summed E-state index contributed by atoms with van der Waals surface area (Å²) in [6.45, 7) is 7.52. The number of Topliss-reactive ketones (excluding diaryl/α,β-unsaturated/α-hetero) is 1. The van der Waals surface area contributed by atoms with Crippen LogP contribution in [0.3, 0.4) is 0 Å². The molecule has 4 heteroatoms. The fourth-order valence-corrected chi connectivity index (χ4v) is 2.11. The Labute approximate surface area is 120 Å². The molecule has 0 heterocycles. The van der Waals surface area contributed by atoms with E-state index < -0.39 is 6.09 Å². The summed E-state index contributed by atoms with van der Waals surface area (Å²) in [5, 5.41) is 0. The van der Waals surface area contributed by atoms with Gasteiger partial charge in [0.25, 0.3) is 0 Å². The van der Waals surface area contributed by atoms with Gasteiger partial charge in [-0.15, -0.1) is 0 Å². The number of ether oxygens (including phenoxy) is 1. The summed E-state index contributed by atoms with van der Waals surface area (Å²) in [4.78, 5) is 25.3. The second-order valence-electron chi connectivity index (χ2n) is 5.35.